The smallest absolute Gasteiger partial charge is 0.223 e. The van der Waals surface area contributed by atoms with Crippen molar-refractivity contribution in [1.82, 2.24) is 10.4 Å². The molecule has 3 nitrogen and oxygen atoms in total. The van der Waals surface area contributed by atoms with E-state index in [4.69, 9.17) is 0 Å². The van der Waals surface area contributed by atoms with Gasteiger partial charge in [-0.15, -0.1) is 0 Å². The van der Waals surface area contributed by atoms with E-state index in [0.717, 1.165) is 25.9 Å². The van der Waals surface area contributed by atoms with Gasteiger partial charge in [0.15, 0.2) is 0 Å². The highest BCUT2D eigenvalue weighted by Crippen LogP contribution is 1.75. The monoisotopic (exact) mass is 130 g/mol. The Morgan fingerprint density at radius 1 is 1.56 bits per heavy atom. The van der Waals surface area contributed by atoms with E-state index in [0.29, 0.717) is 0 Å². The molecular weight excluding hydrogens is 116 g/mol. The third-order valence-corrected chi connectivity index (χ3v) is 1.03. The van der Waals surface area contributed by atoms with Gasteiger partial charge in [0.05, 0.1) is 0 Å². The van der Waals surface area contributed by atoms with Crippen LogP contribution in [0.15, 0.2) is 0 Å². The third-order valence-electron chi connectivity index (χ3n) is 1.03. The Hall–Kier alpha value is -0.570. The molecule has 0 aromatic carbocycles. The molecule has 0 saturated carbocycles. The summed E-state index contributed by atoms with van der Waals surface area (Å²) in [6.45, 7) is 5.58. The molecule has 1 amide bonds. The summed E-state index contributed by atoms with van der Waals surface area (Å²) >= 11 is 0. The maximum atomic E-state index is 10.1. The van der Waals surface area contributed by atoms with E-state index in [2.05, 4.69) is 12.3 Å². The van der Waals surface area contributed by atoms with E-state index in [-0.39, 0.29) is 0 Å². The van der Waals surface area contributed by atoms with E-state index in [1.165, 1.54) is 5.01 Å². The number of hydrogen-bond acceptors (Lipinski definition) is 2. The largest absolute Gasteiger partial charge is 0.281 e. The van der Waals surface area contributed by atoms with Gasteiger partial charge >= 0.3 is 0 Å². The molecule has 0 fully saturated rings. The Morgan fingerprint density at radius 3 is 2.56 bits per heavy atom. The molecule has 0 spiro atoms. The first kappa shape index (κ1) is 8.43. The molecule has 0 rings (SSSR count). The maximum absolute atomic E-state index is 10.1. The van der Waals surface area contributed by atoms with Crippen molar-refractivity contribution in [2.75, 3.05) is 13.1 Å². The van der Waals surface area contributed by atoms with E-state index in [9.17, 15) is 4.79 Å². The van der Waals surface area contributed by atoms with E-state index in [1.807, 2.05) is 6.92 Å². The quantitative estimate of drug-likeness (QED) is 0.431. The van der Waals surface area contributed by atoms with Crippen molar-refractivity contribution >= 4 is 6.41 Å². The van der Waals surface area contributed by atoms with Crippen molar-refractivity contribution in [3.8, 4) is 0 Å². The fourth-order valence-corrected chi connectivity index (χ4v) is 0.479. The summed E-state index contributed by atoms with van der Waals surface area (Å²) in [5, 5.41) is 1.53. The molecule has 0 aliphatic carbocycles. The minimum absolute atomic E-state index is 0.726. The first-order chi connectivity index (χ1) is 4.35. The average Bonchev–Trinajstić information content (AvgIpc) is 1.91. The Kier molecular flexibility index (Phi) is 5.21. The minimum atomic E-state index is 0.726. The second kappa shape index (κ2) is 5.56. The zero-order chi connectivity index (χ0) is 7.11. The third kappa shape index (κ3) is 3.97. The number of nitrogens with zero attached hydrogens (tertiary/aromatic N) is 1. The van der Waals surface area contributed by atoms with E-state index in [1.54, 1.807) is 0 Å². The van der Waals surface area contributed by atoms with Gasteiger partial charge in [0.25, 0.3) is 0 Å². The molecule has 3 heteroatoms. The second-order valence-corrected chi connectivity index (χ2v) is 1.80. The van der Waals surface area contributed by atoms with Crippen molar-refractivity contribution in [3.05, 3.63) is 0 Å². The molecule has 0 aromatic rings. The predicted molar refractivity (Wildman–Crippen MR) is 36.7 cm³/mol. The predicted octanol–water partition coefficient (Wildman–Crippen LogP) is 0.379. The summed E-state index contributed by atoms with van der Waals surface area (Å²) in [6.07, 6.45) is 1.85. The van der Waals surface area contributed by atoms with Gasteiger partial charge in [-0.3, -0.25) is 9.80 Å². The van der Waals surface area contributed by atoms with Gasteiger partial charge in [-0.2, -0.15) is 0 Å². The molecule has 0 bridgehead atoms. The van der Waals surface area contributed by atoms with Crippen LogP contribution in [0.3, 0.4) is 0 Å². The lowest BCUT2D eigenvalue weighted by Gasteiger charge is -2.14. The Morgan fingerprint density at radius 2 is 2.22 bits per heavy atom. The number of carbonyl (C=O) groups is 1. The molecule has 0 aromatic heterocycles. The molecule has 0 aliphatic heterocycles. The maximum Gasteiger partial charge on any atom is 0.223 e. The average molecular weight is 130 g/mol. The first-order valence-electron chi connectivity index (χ1n) is 3.30. The summed E-state index contributed by atoms with van der Waals surface area (Å²) in [5.41, 5.74) is 2.93. The van der Waals surface area contributed by atoms with Crippen LogP contribution in [-0.2, 0) is 4.79 Å². The summed E-state index contributed by atoms with van der Waals surface area (Å²) in [6, 6.07) is 0. The number of amides is 1. The van der Waals surface area contributed by atoms with Gasteiger partial charge in [0, 0.05) is 13.1 Å². The van der Waals surface area contributed by atoms with Crippen LogP contribution in [0.1, 0.15) is 20.3 Å². The summed E-state index contributed by atoms with van der Waals surface area (Å²) in [4.78, 5) is 10.1. The molecule has 9 heavy (non-hydrogen) atoms. The van der Waals surface area contributed by atoms with Crippen molar-refractivity contribution in [2.24, 2.45) is 0 Å². The molecule has 0 aliphatic rings. The highest BCUT2D eigenvalue weighted by Gasteiger charge is 1.91. The van der Waals surface area contributed by atoms with Crippen molar-refractivity contribution in [1.29, 1.82) is 0 Å². The highest BCUT2D eigenvalue weighted by molar-refractivity contribution is 5.45. The molecule has 54 valence electrons. The van der Waals surface area contributed by atoms with Crippen LogP contribution < -0.4 is 5.43 Å². The summed E-state index contributed by atoms with van der Waals surface area (Å²) in [5.74, 6) is 0. The molecule has 1 N–H and O–H groups in total. The molecule has 0 unspecified atom stereocenters. The topological polar surface area (TPSA) is 32.3 Å². The fourth-order valence-electron chi connectivity index (χ4n) is 0.479. The Labute approximate surface area is 56.0 Å². The van der Waals surface area contributed by atoms with Gasteiger partial charge < -0.3 is 0 Å². The fraction of sp³-hybridized carbons (Fsp3) is 0.833. The number of hydrogen-bond donors (Lipinski definition) is 1. The second-order valence-electron chi connectivity index (χ2n) is 1.80. The number of rotatable bonds is 5. The summed E-state index contributed by atoms with van der Waals surface area (Å²) < 4.78 is 0. The molecular formula is C6H14N2O. The molecule has 0 atom stereocenters. The van der Waals surface area contributed by atoms with Crippen LogP contribution >= 0.6 is 0 Å². The number of hydrazine groups is 1. The lowest BCUT2D eigenvalue weighted by atomic mass is 10.5. The molecule has 0 radical (unpaired) electrons. The Bertz CT molecular complexity index is 75.5. The van der Waals surface area contributed by atoms with Crippen molar-refractivity contribution in [2.45, 2.75) is 20.3 Å². The van der Waals surface area contributed by atoms with Crippen LogP contribution in [-0.4, -0.2) is 24.5 Å². The van der Waals surface area contributed by atoms with Gasteiger partial charge in [0.2, 0.25) is 6.41 Å². The Balaban J connectivity index is 3.20. The molecule has 0 saturated heterocycles. The van der Waals surface area contributed by atoms with Crippen LogP contribution in [0.2, 0.25) is 0 Å². The number of nitrogens with one attached hydrogen (secondary N) is 1. The van der Waals surface area contributed by atoms with Gasteiger partial charge in [-0.25, -0.2) is 5.43 Å². The van der Waals surface area contributed by atoms with Crippen molar-refractivity contribution < 1.29 is 4.79 Å². The lowest BCUT2D eigenvalue weighted by Crippen LogP contribution is -2.36. The zero-order valence-corrected chi connectivity index (χ0v) is 6.05. The van der Waals surface area contributed by atoms with Crippen LogP contribution in [0.5, 0.6) is 0 Å². The van der Waals surface area contributed by atoms with E-state index >= 15 is 0 Å². The van der Waals surface area contributed by atoms with Gasteiger partial charge in [-0.1, -0.05) is 6.92 Å². The van der Waals surface area contributed by atoms with Crippen LogP contribution in [0.4, 0.5) is 0 Å². The minimum Gasteiger partial charge on any atom is -0.281 e. The normalized spacial score (nSPS) is 9.11. The van der Waals surface area contributed by atoms with Gasteiger partial charge in [-0.05, 0) is 13.3 Å². The highest BCUT2D eigenvalue weighted by atomic mass is 16.1. The van der Waals surface area contributed by atoms with Crippen LogP contribution in [0, 0.1) is 0 Å². The number of carbonyl (C=O) groups excluding carboxylic acids is 1. The van der Waals surface area contributed by atoms with Crippen LogP contribution in [0.25, 0.3) is 0 Å². The van der Waals surface area contributed by atoms with Gasteiger partial charge in [0.1, 0.15) is 0 Å². The molecule has 0 heterocycles. The summed E-state index contributed by atoms with van der Waals surface area (Å²) in [7, 11) is 0. The lowest BCUT2D eigenvalue weighted by molar-refractivity contribution is -0.120. The zero-order valence-electron chi connectivity index (χ0n) is 6.05. The SMILES string of the molecule is CCCNN(C=O)CC. The van der Waals surface area contributed by atoms with Crippen molar-refractivity contribution in [3.63, 3.8) is 0 Å². The van der Waals surface area contributed by atoms with E-state index < -0.39 is 0 Å². The standard InChI is InChI=1S/C6H14N2O/c1-3-5-7-8(4-2)6-9/h6-7H,3-5H2,1-2H3. The first-order valence-corrected chi connectivity index (χ1v) is 3.30.